The molecule has 3 aromatic rings. The van der Waals surface area contributed by atoms with Crippen LogP contribution in [0, 0.1) is 0 Å². The number of hydrogen-bond acceptors (Lipinski definition) is 3. The lowest BCUT2D eigenvalue weighted by molar-refractivity contribution is -0.0498. The third-order valence-electron chi connectivity index (χ3n) is 3.06. The van der Waals surface area contributed by atoms with Gasteiger partial charge in [0, 0.05) is 11.1 Å². The molecular formula is C16H10BrF2NO3. The molecule has 0 bridgehead atoms. The summed E-state index contributed by atoms with van der Waals surface area (Å²) in [6.45, 7) is -2.88. The van der Waals surface area contributed by atoms with Crippen molar-refractivity contribution in [3.05, 3.63) is 58.8 Å². The number of amides is 1. The van der Waals surface area contributed by atoms with E-state index in [-0.39, 0.29) is 11.5 Å². The van der Waals surface area contributed by atoms with Crippen LogP contribution in [0.5, 0.6) is 5.75 Å². The molecule has 7 heteroatoms. The average molecular weight is 382 g/mol. The first-order valence-electron chi connectivity index (χ1n) is 6.57. The number of nitrogens with one attached hydrogen (secondary N) is 1. The summed E-state index contributed by atoms with van der Waals surface area (Å²) < 4.78 is 34.7. The number of fused-ring (bicyclic) bond motifs is 1. The molecule has 0 radical (unpaired) electrons. The first kappa shape index (κ1) is 15.5. The number of hydrogen-bond donors (Lipinski definition) is 1. The number of alkyl halides is 2. The van der Waals surface area contributed by atoms with Gasteiger partial charge in [0.25, 0.3) is 5.91 Å². The van der Waals surface area contributed by atoms with Crippen LogP contribution in [-0.2, 0) is 0 Å². The maximum atomic E-state index is 12.2. The smallest absolute Gasteiger partial charge is 0.387 e. The minimum atomic E-state index is -2.88. The van der Waals surface area contributed by atoms with Gasteiger partial charge in [-0.15, -0.1) is 0 Å². The number of ether oxygens (including phenoxy) is 1. The Morgan fingerprint density at radius 3 is 2.57 bits per heavy atom. The van der Waals surface area contributed by atoms with Crippen molar-refractivity contribution in [1.82, 2.24) is 0 Å². The quantitative estimate of drug-likeness (QED) is 0.687. The second-order valence-electron chi connectivity index (χ2n) is 4.63. The largest absolute Gasteiger partial charge is 0.450 e. The Labute approximate surface area is 138 Å². The highest BCUT2D eigenvalue weighted by Gasteiger charge is 2.14. The molecule has 1 N–H and O–H groups in total. The zero-order chi connectivity index (χ0) is 16.4. The Morgan fingerprint density at radius 1 is 1.17 bits per heavy atom. The van der Waals surface area contributed by atoms with Gasteiger partial charge in [0.2, 0.25) is 0 Å². The van der Waals surface area contributed by atoms with Crippen LogP contribution >= 0.6 is 15.9 Å². The van der Waals surface area contributed by atoms with Gasteiger partial charge in [-0.1, -0.05) is 12.1 Å². The molecule has 0 aliphatic rings. The van der Waals surface area contributed by atoms with Crippen molar-refractivity contribution >= 4 is 38.5 Å². The van der Waals surface area contributed by atoms with E-state index in [1.54, 1.807) is 6.07 Å². The first-order chi connectivity index (χ1) is 11.0. The van der Waals surface area contributed by atoms with Crippen molar-refractivity contribution in [2.24, 2.45) is 0 Å². The summed E-state index contributed by atoms with van der Waals surface area (Å²) in [7, 11) is 0. The summed E-state index contributed by atoms with van der Waals surface area (Å²) in [5.74, 6) is -0.263. The molecular weight excluding hydrogens is 372 g/mol. The van der Waals surface area contributed by atoms with Crippen LogP contribution in [0.25, 0.3) is 11.0 Å². The van der Waals surface area contributed by atoms with Crippen molar-refractivity contribution in [1.29, 1.82) is 0 Å². The van der Waals surface area contributed by atoms with Crippen LogP contribution < -0.4 is 10.1 Å². The van der Waals surface area contributed by atoms with E-state index in [1.807, 2.05) is 18.2 Å². The lowest BCUT2D eigenvalue weighted by Crippen LogP contribution is -2.10. The standard InChI is InChI=1S/C16H10BrF2NO3/c17-12-3-1-2-9-8-13(23-14(9)12)15(21)20-10-4-6-11(7-5-10)22-16(18)19/h1-8,16H,(H,20,21). The van der Waals surface area contributed by atoms with E-state index in [9.17, 15) is 13.6 Å². The molecule has 0 atom stereocenters. The second-order valence-corrected chi connectivity index (χ2v) is 5.48. The van der Waals surface area contributed by atoms with Gasteiger partial charge < -0.3 is 14.5 Å². The lowest BCUT2D eigenvalue weighted by atomic mass is 10.2. The van der Waals surface area contributed by atoms with E-state index in [2.05, 4.69) is 26.0 Å². The molecule has 0 aliphatic heterocycles. The van der Waals surface area contributed by atoms with Crippen LogP contribution in [0.4, 0.5) is 14.5 Å². The molecule has 0 aliphatic carbocycles. The first-order valence-corrected chi connectivity index (χ1v) is 7.36. The molecule has 0 saturated carbocycles. The molecule has 23 heavy (non-hydrogen) atoms. The molecule has 4 nitrogen and oxygen atoms in total. The lowest BCUT2D eigenvalue weighted by Gasteiger charge is -2.06. The molecule has 118 valence electrons. The normalized spacial score (nSPS) is 11.0. The molecule has 1 aromatic heterocycles. The molecule has 2 aromatic carbocycles. The summed E-state index contributed by atoms with van der Waals surface area (Å²) in [6, 6.07) is 12.7. The summed E-state index contributed by atoms with van der Waals surface area (Å²) in [5.41, 5.74) is 1.02. The summed E-state index contributed by atoms with van der Waals surface area (Å²) in [6.07, 6.45) is 0. The number of rotatable bonds is 4. The summed E-state index contributed by atoms with van der Waals surface area (Å²) in [5, 5.41) is 3.42. The second kappa shape index (κ2) is 6.37. The van der Waals surface area contributed by atoms with Crippen LogP contribution in [0.1, 0.15) is 10.6 Å². The van der Waals surface area contributed by atoms with Crippen LogP contribution in [-0.4, -0.2) is 12.5 Å². The number of carbonyl (C=O) groups is 1. The van der Waals surface area contributed by atoms with Gasteiger partial charge in [0.15, 0.2) is 5.76 Å². The minimum Gasteiger partial charge on any atom is -0.450 e. The Balaban J connectivity index is 1.76. The van der Waals surface area contributed by atoms with Gasteiger partial charge in [-0.2, -0.15) is 8.78 Å². The summed E-state index contributed by atoms with van der Waals surface area (Å²) >= 11 is 3.35. The molecule has 0 unspecified atom stereocenters. The van der Waals surface area contributed by atoms with E-state index in [0.29, 0.717) is 11.3 Å². The highest BCUT2D eigenvalue weighted by Crippen LogP contribution is 2.27. The number of para-hydroxylation sites is 1. The Morgan fingerprint density at radius 2 is 1.91 bits per heavy atom. The number of carbonyl (C=O) groups excluding carboxylic acids is 1. The summed E-state index contributed by atoms with van der Waals surface area (Å²) in [4.78, 5) is 12.2. The Kier molecular flexibility index (Phi) is 4.29. The predicted octanol–water partition coefficient (Wildman–Crippen LogP) is 5.05. The van der Waals surface area contributed by atoms with E-state index in [1.165, 1.54) is 24.3 Å². The molecule has 0 spiro atoms. The predicted molar refractivity (Wildman–Crippen MR) is 84.9 cm³/mol. The minimum absolute atomic E-state index is 0.0191. The molecule has 0 fully saturated rings. The maximum absolute atomic E-state index is 12.2. The van der Waals surface area contributed by atoms with Crippen molar-refractivity contribution in [2.75, 3.05) is 5.32 Å². The van der Waals surface area contributed by atoms with E-state index >= 15 is 0 Å². The number of anilines is 1. The Bertz CT molecular complexity index is 846. The molecule has 3 rings (SSSR count). The van der Waals surface area contributed by atoms with Crippen LogP contribution in [0.15, 0.2) is 57.4 Å². The number of benzene rings is 2. The van der Waals surface area contributed by atoms with Gasteiger partial charge in [-0.05, 0) is 52.3 Å². The average Bonchev–Trinajstić information content (AvgIpc) is 2.94. The van der Waals surface area contributed by atoms with Crippen LogP contribution in [0.2, 0.25) is 0 Å². The van der Waals surface area contributed by atoms with Crippen molar-refractivity contribution < 1.29 is 22.7 Å². The van der Waals surface area contributed by atoms with E-state index in [4.69, 9.17) is 4.42 Å². The van der Waals surface area contributed by atoms with Gasteiger partial charge in [-0.25, -0.2) is 0 Å². The van der Waals surface area contributed by atoms with Crippen molar-refractivity contribution in [3.8, 4) is 5.75 Å². The third-order valence-corrected chi connectivity index (χ3v) is 3.68. The number of furan rings is 1. The molecule has 1 amide bonds. The highest BCUT2D eigenvalue weighted by atomic mass is 79.9. The zero-order valence-corrected chi connectivity index (χ0v) is 13.1. The Hall–Kier alpha value is -2.41. The van der Waals surface area contributed by atoms with Gasteiger partial charge in [0.1, 0.15) is 11.3 Å². The number of halogens is 3. The monoisotopic (exact) mass is 381 g/mol. The zero-order valence-electron chi connectivity index (χ0n) is 11.6. The molecule has 0 saturated heterocycles. The maximum Gasteiger partial charge on any atom is 0.387 e. The molecule has 1 heterocycles. The SMILES string of the molecule is O=C(Nc1ccc(OC(F)F)cc1)c1cc2cccc(Br)c2o1. The van der Waals surface area contributed by atoms with E-state index in [0.717, 1.165) is 9.86 Å². The topological polar surface area (TPSA) is 51.5 Å². The van der Waals surface area contributed by atoms with Gasteiger partial charge >= 0.3 is 6.61 Å². The van der Waals surface area contributed by atoms with Crippen molar-refractivity contribution in [3.63, 3.8) is 0 Å². The highest BCUT2D eigenvalue weighted by molar-refractivity contribution is 9.10. The fourth-order valence-corrected chi connectivity index (χ4v) is 2.51. The fraction of sp³-hybridized carbons (Fsp3) is 0.0625. The van der Waals surface area contributed by atoms with Crippen LogP contribution in [0.3, 0.4) is 0 Å². The van der Waals surface area contributed by atoms with Gasteiger partial charge in [-0.3, -0.25) is 4.79 Å². The van der Waals surface area contributed by atoms with E-state index < -0.39 is 12.5 Å². The van der Waals surface area contributed by atoms with Crippen molar-refractivity contribution in [2.45, 2.75) is 6.61 Å². The third kappa shape index (κ3) is 3.50. The fourth-order valence-electron chi connectivity index (χ4n) is 2.05. The van der Waals surface area contributed by atoms with Gasteiger partial charge in [0.05, 0.1) is 4.47 Å².